The van der Waals surface area contributed by atoms with Gasteiger partial charge in [0.15, 0.2) is 5.65 Å². The number of fused-ring (bicyclic) bond motifs is 4. The Balaban J connectivity index is 1.44. The molecule has 0 radical (unpaired) electrons. The summed E-state index contributed by atoms with van der Waals surface area (Å²) in [6, 6.07) is 15.5. The number of hydrogen-bond donors (Lipinski definition) is 3. The van der Waals surface area contributed by atoms with Crippen LogP contribution in [-0.2, 0) is 0 Å². The van der Waals surface area contributed by atoms with Crippen LogP contribution in [0.2, 0.25) is 0 Å². The van der Waals surface area contributed by atoms with Crippen LogP contribution in [0.3, 0.4) is 0 Å². The van der Waals surface area contributed by atoms with Gasteiger partial charge >= 0.3 is 0 Å². The second kappa shape index (κ2) is 6.27. The van der Waals surface area contributed by atoms with Crippen LogP contribution in [0.25, 0.3) is 33.0 Å². The number of anilines is 1. The monoisotopic (exact) mass is 369 g/mol. The van der Waals surface area contributed by atoms with Crippen LogP contribution in [0.1, 0.15) is 11.1 Å². The van der Waals surface area contributed by atoms with Crippen molar-refractivity contribution in [3.8, 4) is 0 Å². The number of H-pyrrole nitrogens is 2. The van der Waals surface area contributed by atoms with Crippen LogP contribution >= 0.6 is 0 Å². The molecule has 0 fully saturated rings. The lowest BCUT2D eigenvalue weighted by atomic mass is 10.1. The normalized spacial score (nSPS) is 11.8. The molecule has 5 aromatic rings. The molecule has 0 spiro atoms. The van der Waals surface area contributed by atoms with Crippen LogP contribution in [0.5, 0.6) is 0 Å². The first-order valence-electron chi connectivity index (χ1n) is 8.71. The Morgan fingerprint density at radius 3 is 2.86 bits per heavy atom. The molecule has 3 aromatic heterocycles. The number of nitrogens with one attached hydrogen (secondary N) is 3. The van der Waals surface area contributed by atoms with E-state index in [4.69, 9.17) is 0 Å². The van der Waals surface area contributed by atoms with Gasteiger partial charge in [-0.25, -0.2) is 5.43 Å². The summed E-state index contributed by atoms with van der Waals surface area (Å²) >= 11 is 0. The maximum Gasteiger partial charge on any atom is 0.265 e. The average Bonchev–Trinajstić information content (AvgIpc) is 3.06. The van der Waals surface area contributed by atoms with Gasteiger partial charge in [0, 0.05) is 16.4 Å². The second-order valence-electron chi connectivity index (χ2n) is 6.52. The van der Waals surface area contributed by atoms with Crippen LogP contribution in [0.15, 0.2) is 58.4 Å². The summed E-state index contributed by atoms with van der Waals surface area (Å²) in [4.78, 5) is 22.6. The highest BCUT2D eigenvalue weighted by molar-refractivity contribution is 6.03. The number of para-hydroxylation sites is 1. The predicted octanol–water partition coefficient (Wildman–Crippen LogP) is 3.10. The van der Waals surface area contributed by atoms with E-state index in [1.807, 2.05) is 49.4 Å². The molecule has 136 valence electrons. The molecule has 0 aliphatic rings. The number of nitrogens with zero attached hydrogens (tertiary/aromatic N) is 4. The Morgan fingerprint density at radius 2 is 1.93 bits per heavy atom. The summed E-state index contributed by atoms with van der Waals surface area (Å²) in [6.45, 7) is 2.00. The number of rotatable bonds is 3. The minimum Gasteiger partial charge on any atom is -0.338 e. The van der Waals surface area contributed by atoms with Gasteiger partial charge in [0.05, 0.1) is 11.8 Å². The topological polar surface area (TPSA) is 112 Å². The third kappa shape index (κ3) is 2.77. The van der Waals surface area contributed by atoms with E-state index in [1.165, 1.54) is 6.21 Å². The molecule has 8 nitrogen and oxygen atoms in total. The molecule has 0 aliphatic carbocycles. The van der Waals surface area contributed by atoms with Crippen LogP contribution in [0, 0.1) is 6.92 Å². The second-order valence-corrected chi connectivity index (χ2v) is 6.52. The molecule has 0 bridgehead atoms. The van der Waals surface area contributed by atoms with Gasteiger partial charge in [-0.2, -0.15) is 10.1 Å². The summed E-state index contributed by atoms with van der Waals surface area (Å²) in [5, 5.41) is 14.3. The maximum absolute atomic E-state index is 12.2. The predicted molar refractivity (Wildman–Crippen MR) is 110 cm³/mol. The first kappa shape index (κ1) is 16.1. The molecule has 2 aromatic carbocycles. The van der Waals surface area contributed by atoms with E-state index < -0.39 is 0 Å². The molecule has 0 saturated heterocycles. The molecule has 3 heterocycles. The summed E-state index contributed by atoms with van der Waals surface area (Å²) in [6.07, 6.45) is 1.44. The number of hydrogen-bond acceptors (Lipinski definition) is 6. The summed E-state index contributed by atoms with van der Waals surface area (Å²) < 4.78 is 0. The van der Waals surface area contributed by atoms with Crippen molar-refractivity contribution in [2.75, 3.05) is 5.43 Å². The first-order valence-corrected chi connectivity index (χ1v) is 8.71. The van der Waals surface area contributed by atoms with Crippen molar-refractivity contribution in [3.63, 3.8) is 0 Å². The van der Waals surface area contributed by atoms with Gasteiger partial charge in [0.25, 0.3) is 11.5 Å². The number of benzene rings is 2. The Kier molecular flexibility index (Phi) is 3.61. The van der Waals surface area contributed by atoms with Gasteiger partial charge in [0.2, 0.25) is 0 Å². The van der Waals surface area contributed by atoms with Gasteiger partial charge < -0.3 is 9.97 Å². The third-order valence-electron chi connectivity index (χ3n) is 4.52. The summed E-state index contributed by atoms with van der Waals surface area (Å²) in [5.74, 6) is 0.239. The van der Waals surface area contributed by atoms with Crippen molar-refractivity contribution in [3.05, 3.63) is 70.0 Å². The average molecular weight is 369 g/mol. The van der Waals surface area contributed by atoms with Gasteiger partial charge in [-0.1, -0.05) is 29.8 Å². The van der Waals surface area contributed by atoms with Crippen molar-refractivity contribution in [1.82, 2.24) is 25.1 Å². The maximum atomic E-state index is 12.2. The fourth-order valence-electron chi connectivity index (χ4n) is 3.17. The Morgan fingerprint density at radius 1 is 1.04 bits per heavy atom. The molecule has 3 N–H and O–H groups in total. The van der Waals surface area contributed by atoms with Gasteiger partial charge in [0.1, 0.15) is 5.52 Å². The largest absolute Gasteiger partial charge is 0.338 e. The van der Waals surface area contributed by atoms with Crippen molar-refractivity contribution in [2.24, 2.45) is 5.10 Å². The lowest BCUT2D eigenvalue weighted by molar-refractivity contribution is 1.01. The zero-order chi connectivity index (χ0) is 19.1. The third-order valence-corrected chi connectivity index (χ3v) is 4.52. The van der Waals surface area contributed by atoms with Crippen molar-refractivity contribution < 1.29 is 0 Å². The van der Waals surface area contributed by atoms with E-state index in [-0.39, 0.29) is 11.5 Å². The molecule has 0 saturated carbocycles. The van der Waals surface area contributed by atoms with Crippen molar-refractivity contribution in [2.45, 2.75) is 6.92 Å². The Bertz CT molecular complexity index is 1430. The van der Waals surface area contributed by atoms with E-state index in [2.05, 4.69) is 35.7 Å². The van der Waals surface area contributed by atoms with E-state index >= 15 is 0 Å². The molecular formula is C20H15N7O. The number of aryl methyl sites for hydroxylation is 1. The van der Waals surface area contributed by atoms with Crippen LogP contribution < -0.4 is 11.0 Å². The Hall–Kier alpha value is -4.07. The zero-order valence-corrected chi connectivity index (χ0v) is 14.9. The number of pyridine rings is 1. The van der Waals surface area contributed by atoms with Gasteiger partial charge in [-0.3, -0.25) is 4.79 Å². The molecule has 0 aliphatic heterocycles. The fraction of sp³-hybridized carbons (Fsp3) is 0.0500. The highest BCUT2D eigenvalue weighted by atomic mass is 16.1. The molecule has 28 heavy (non-hydrogen) atoms. The van der Waals surface area contributed by atoms with Crippen LogP contribution in [-0.4, -0.2) is 31.4 Å². The van der Waals surface area contributed by atoms with Crippen molar-refractivity contribution >= 4 is 45.1 Å². The summed E-state index contributed by atoms with van der Waals surface area (Å²) in [5.41, 5.74) is 7.12. The number of aromatic amines is 2. The highest BCUT2D eigenvalue weighted by Crippen LogP contribution is 2.21. The molecular weight excluding hydrogens is 354 g/mol. The molecule has 5 rings (SSSR count). The molecule has 0 atom stereocenters. The SMILES string of the molecule is Cc1ccc2[nH]c(=O)c(C=NNc3nnc4c(n3)[nH]c3ccccc34)cc2c1. The molecule has 0 unspecified atom stereocenters. The number of aromatic nitrogens is 5. The van der Waals surface area contributed by atoms with E-state index in [0.717, 1.165) is 27.4 Å². The van der Waals surface area contributed by atoms with Crippen LogP contribution in [0.4, 0.5) is 5.95 Å². The van der Waals surface area contributed by atoms with Crippen molar-refractivity contribution in [1.29, 1.82) is 0 Å². The van der Waals surface area contributed by atoms with Gasteiger partial charge in [-0.05, 0) is 36.6 Å². The smallest absolute Gasteiger partial charge is 0.265 e. The van der Waals surface area contributed by atoms with Gasteiger partial charge in [-0.15, -0.1) is 10.2 Å². The standard InChI is InChI=1S/C20H15N7O/c1-11-6-7-15-12(8-11)9-13(19(28)23-15)10-21-26-20-24-18-17(25-27-20)14-4-2-3-5-16(14)22-18/h2-10H,1H3,(H,23,28)(H2,22,24,26,27). The lowest BCUT2D eigenvalue weighted by Gasteiger charge is -2.01. The first-order chi connectivity index (χ1) is 13.7. The molecule has 0 amide bonds. The van der Waals surface area contributed by atoms with E-state index in [1.54, 1.807) is 6.07 Å². The quantitative estimate of drug-likeness (QED) is 0.334. The minimum atomic E-state index is -0.216. The minimum absolute atomic E-state index is 0.216. The zero-order valence-electron chi connectivity index (χ0n) is 14.9. The number of hydrazone groups is 1. The molecule has 8 heteroatoms. The summed E-state index contributed by atoms with van der Waals surface area (Å²) in [7, 11) is 0. The fourth-order valence-corrected chi connectivity index (χ4v) is 3.17. The van der Waals surface area contributed by atoms with E-state index in [0.29, 0.717) is 16.7 Å². The van der Waals surface area contributed by atoms with E-state index in [9.17, 15) is 4.79 Å². The highest BCUT2D eigenvalue weighted by Gasteiger charge is 2.08. The lowest BCUT2D eigenvalue weighted by Crippen LogP contribution is -2.12. The Labute approximate surface area is 158 Å².